The zero-order valence-electron chi connectivity index (χ0n) is 12.6. The molecule has 1 atom stereocenters. The quantitative estimate of drug-likeness (QED) is 0.244. The van der Waals surface area contributed by atoms with Crippen LogP contribution in [0.4, 0.5) is 0 Å². The molecule has 118 valence electrons. The van der Waals surface area contributed by atoms with E-state index >= 15 is 0 Å². The highest BCUT2D eigenvalue weighted by atomic mass is 32.2. The summed E-state index contributed by atoms with van der Waals surface area (Å²) in [4.78, 5) is 0. The van der Waals surface area contributed by atoms with E-state index in [-0.39, 0.29) is 5.25 Å². The lowest BCUT2D eigenvalue weighted by molar-refractivity contribution is 0.0707. The van der Waals surface area contributed by atoms with Gasteiger partial charge in [-0.25, -0.2) is 0 Å². The first-order valence-electron chi connectivity index (χ1n) is 6.97. The van der Waals surface area contributed by atoms with E-state index in [9.17, 15) is 0 Å². The summed E-state index contributed by atoms with van der Waals surface area (Å²) in [5, 5.41) is 0.288. The van der Waals surface area contributed by atoms with E-state index in [2.05, 4.69) is 19.2 Å². The summed E-state index contributed by atoms with van der Waals surface area (Å²) in [6, 6.07) is 0.826. The van der Waals surface area contributed by atoms with Gasteiger partial charge in [0.2, 0.25) is 0 Å². The molecule has 0 aliphatic carbocycles. The molecule has 0 aliphatic rings. The molecule has 0 aliphatic heterocycles. The van der Waals surface area contributed by atoms with E-state index < -0.39 is 8.80 Å². The molecule has 7 heteroatoms. The topological polar surface area (TPSA) is 27.7 Å². The Hall–Kier alpha value is 0.627. The summed E-state index contributed by atoms with van der Waals surface area (Å²) >= 11 is 10.7. The third-order valence-corrected chi connectivity index (χ3v) is 7.27. The van der Waals surface area contributed by atoms with Gasteiger partial charge < -0.3 is 13.3 Å². The zero-order chi connectivity index (χ0) is 15.4. The first-order chi connectivity index (χ1) is 9.53. The fraction of sp³-hybridized carbons (Fsp3) is 0.769. The van der Waals surface area contributed by atoms with Crippen LogP contribution in [0.5, 0.6) is 0 Å². The van der Waals surface area contributed by atoms with Gasteiger partial charge in [0.25, 0.3) is 0 Å². The lowest BCUT2D eigenvalue weighted by Crippen LogP contribution is -2.46. The van der Waals surface area contributed by atoms with Crippen LogP contribution in [-0.2, 0) is 13.3 Å². The molecule has 0 aromatic heterocycles. The van der Waals surface area contributed by atoms with Crippen molar-refractivity contribution in [3.63, 3.8) is 0 Å². The smallest absolute Gasteiger partial charge is 0.374 e. The van der Waals surface area contributed by atoms with Crippen molar-refractivity contribution in [3.8, 4) is 0 Å². The third-order valence-electron chi connectivity index (χ3n) is 2.58. The third kappa shape index (κ3) is 8.81. The molecule has 20 heavy (non-hydrogen) atoms. The number of rotatable bonds is 12. The van der Waals surface area contributed by atoms with Gasteiger partial charge in [-0.3, -0.25) is 0 Å². The second-order valence-corrected chi connectivity index (χ2v) is 9.73. The van der Waals surface area contributed by atoms with Gasteiger partial charge in [0.1, 0.15) is 3.53 Å². The molecular weight excluding hydrogens is 328 g/mol. The molecule has 3 nitrogen and oxygen atoms in total. The molecule has 1 unspecified atom stereocenters. The van der Waals surface area contributed by atoms with Gasteiger partial charge in [0.15, 0.2) is 0 Å². The van der Waals surface area contributed by atoms with Crippen LogP contribution >= 0.6 is 36.6 Å². The van der Waals surface area contributed by atoms with Crippen molar-refractivity contribution in [1.29, 1.82) is 0 Å². The van der Waals surface area contributed by atoms with Gasteiger partial charge in [-0.15, -0.1) is 31.0 Å². The van der Waals surface area contributed by atoms with Gasteiger partial charge in [-0.1, -0.05) is 18.3 Å². The van der Waals surface area contributed by atoms with Crippen molar-refractivity contribution in [2.24, 2.45) is 0 Å². The van der Waals surface area contributed by atoms with Crippen molar-refractivity contribution in [1.82, 2.24) is 0 Å². The fourth-order valence-electron chi connectivity index (χ4n) is 1.88. The normalized spacial score (nSPS) is 13.2. The molecule has 0 radical (unpaired) electrons. The van der Waals surface area contributed by atoms with E-state index in [4.69, 9.17) is 25.5 Å². The van der Waals surface area contributed by atoms with Crippen LogP contribution in [0.3, 0.4) is 0 Å². The summed E-state index contributed by atoms with van der Waals surface area (Å²) < 4.78 is 18.1. The van der Waals surface area contributed by atoms with Gasteiger partial charge in [0, 0.05) is 31.1 Å². The van der Waals surface area contributed by atoms with Gasteiger partial charge in [-0.05, 0) is 33.6 Å². The molecule has 0 aromatic rings. The maximum absolute atomic E-state index is 5.83. The highest BCUT2D eigenvalue weighted by molar-refractivity contribution is 8.41. The van der Waals surface area contributed by atoms with Gasteiger partial charge in [0.05, 0.1) is 0 Å². The highest BCUT2D eigenvalue weighted by Gasteiger charge is 2.39. The second-order valence-electron chi connectivity index (χ2n) is 4.03. The maximum Gasteiger partial charge on any atom is 0.500 e. The SMILES string of the molecule is C=CC(CCC[Si](OCC)(OCC)OCC)SC(=S)S. The summed E-state index contributed by atoms with van der Waals surface area (Å²) in [7, 11) is -2.51. The number of hydrogen-bond donors (Lipinski definition) is 1. The van der Waals surface area contributed by atoms with Crippen LogP contribution < -0.4 is 0 Å². The lowest BCUT2D eigenvalue weighted by atomic mass is 10.2. The molecule has 0 saturated carbocycles. The Morgan fingerprint density at radius 1 is 1.25 bits per heavy atom. The van der Waals surface area contributed by atoms with Crippen molar-refractivity contribution < 1.29 is 13.3 Å². The Morgan fingerprint density at radius 2 is 1.75 bits per heavy atom. The van der Waals surface area contributed by atoms with Crippen LogP contribution in [0.15, 0.2) is 12.7 Å². The van der Waals surface area contributed by atoms with Crippen LogP contribution in [0.25, 0.3) is 0 Å². The summed E-state index contributed by atoms with van der Waals surface area (Å²) in [5.74, 6) is 0. The van der Waals surface area contributed by atoms with Crippen LogP contribution in [-0.4, -0.2) is 37.4 Å². The van der Waals surface area contributed by atoms with E-state index in [0.717, 1.165) is 18.9 Å². The van der Waals surface area contributed by atoms with Crippen LogP contribution in [0, 0.1) is 0 Å². The van der Waals surface area contributed by atoms with Gasteiger partial charge in [-0.2, -0.15) is 0 Å². The molecule has 0 heterocycles. The largest absolute Gasteiger partial charge is 0.500 e. The van der Waals surface area contributed by atoms with Gasteiger partial charge >= 0.3 is 8.80 Å². The predicted molar refractivity (Wildman–Crippen MR) is 97.8 cm³/mol. The van der Waals surface area contributed by atoms with E-state index in [0.29, 0.717) is 23.3 Å². The first kappa shape index (κ1) is 20.6. The molecule has 0 aromatic carbocycles. The second kappa shape index (κ2) is 12.2. The van der Waals surface area contributed by atoms with Crippen LogP contribution in [0.2, 0.25) is 6.04 Å². The average Bonchev–Trinajstić information content (AvgIpc) is 2.38. The minimum atomic E-state index is -2.51. The van der Waals surface area contributed by atoms with E-state index in [1.807, 2.05) is 26.8 Å². The Kier molecular flexibility index (Phi) is 12.6. The molecular formula is C13H26O3S3Si. The molecule has 0 spiro atoms. The summed E-state index contributed by atoms with van der Waals surface area (Å²) in [6.45, 7) is 11.6. The number of thiol groups is 1. The van der Waals surface area contributed by atoms with Crippen molar-refractivity contribution in [3.05, 3.63) is 12.7 Å². The van der Waals surface area contributed by atoms with Crippen molar-refractivity contribution >= 4 is 48.9 Å². The predicted octanol–water partition coefficient (Wildman–Crippen LogP) is 4.32. The van der Waals surface area contributed by atoms with Crippen molar-refractivity contribution in [2.45, 2.75) is 44.9 Å². The minimum Gasteiger partial charge on any atom is -0.374 e. The summed E-state index contributed by atoms with van der Waals surface area (Å²) in [5.41, 5.74) is 0. The molecule has 0 fully saturated rings. The van der Waals surface area contributed by atoms with Crippen molar-refractivity contribution in [2.75, 3.05) is 19.8 Å². The van der Waals surface area contributed by atoms with E-state index in [1.165, 1.54) is 0 Å². The molecule has 0 bridgehead atoms. The Morgan fingerprint density at radius 3 is 2.10 bits per heavy atom. The average molecular weight is 355 g/mol. The number of hydrogen-bond acceptors (Lipinski definition) is 5. The maximum atomic E-state index is 5.83. The molecule has 0 rings (SSSR count). The number of thioether (sulfide) groups is 1. The first-order valence-corrected chi connectivity index (χ1v) is 10.6. The zero-order valence-corrected chi connectivity index (χ0v) is 16.1. The lowest BCUT2D eigenvalue weighted by Gasteiger charge is -2.28. The van der Waals surface area contributed by atoms with E-state index in [1.54, 1.807) is 11.8 Å². The van der Waals surface area contributed by atoms with Crippen LogP contribution in [0.1, 0.15) is 33.6 Å². The Balaban J connectivity index is 4.42. The number of thiocarbonyl (C=S) groups is 1. The monoisotopic (exact) mass is 354 g/mol. The minimum absolute atomic E-state index is 0.288. The fourth-order valence-corrected chi connectivity index (χ4v) is 5.93. The Bertz CT molecular complexity index is 273. The standard InChI is InChI=1S/C13H26O3S3Si/c1-5-12(19-13(17)18)10-9-11-20(14-6-2,15-7-3)16-8-4/h5,12H,1,6-11H2,2-4H3,(H,17,18). The molecule has 0 amide bonds. The Labute approximate surface area is 139 Å². The summed E-state index contributed by atoms with van der Waals surface area (Å²) in [6.07, 6.45) is 3.85. The highest BCUT2D eigenvalue weighted by Crippen LogP contribution is 2.25. The molecule has 0 saturated heterocycles. The molecule has 0 N–H and O–H groups in total.